The summed E-state index contributed by atoms with van der Waals surface area (Å²) in [5.41, 5.74) is 0.647. The molecule has 18 heavy (non-hydrogen) atoms. The number of hydrogen-bond donors (Lipinski definition) is 1. The smallest absolute Gasteiger partial charge is 0.330 e. The van der Waals surface area contributed by atoms with Crippen LogP contribution in [0, 0.1) is 11.6 Å². The molecule has 0 atom stereocenters. The van der Waals surface area contributed by atoms with E-state index in [4.69, 9.17) is 12.2 Å². The second kappa shape index (κ2) is 6.07. The van der Waals surface area contributed by atoms with E-state index >= 15 is 0 Å². The lowest BCUT2D eigenvalue weighted by atomic mass is 10.4. The number of aromatic amines is 1. The van der Waals surface area contributed by atoms with Gasteiger partial charge in [-0.15, -0.1) is 0 Å². The monoisotopic (exact) mass is 348 g/mol. The van der Waals surface area contributed by atoms with E-state index in [9.17, 15) is 17.6 Å². The summed E-state index contributed by atoms with van der Waals surface area (Å²) in [5, 5.41) is 0. The standard InChI is InChI=1S/C9H9BrF4N2OS/c1-4-6(10)7(18)16-5(15-4)2-17-3-9(13,14)8(11)12/h8H,2-3H2,1H3,(H,15,16,18). The molecular formula is C9H9BrF4N2OS. The van der Waals surface area contributed by atoms with Crippen LogP contribution in [0.2, 0.25) is 0 Å². The number of aryl methyl sites for hydroxylation is 1. The molecule has 0 aliphatic carbocycles. The number of aromatic nitrogens is 2. The maximum Gasteiger partial charge on any atom is 0.330 e. The van der Waals surface area contributed by atoms with Gasteiger partial charge in [0.25, 0.3) is 0 Å². The Morgan fingerprint density at radius 2 is 2.11 bits per heavy atom. The largest absolute Gasteiger partial charge is 0.367 e. The van der Waals surface area contributed by atoms with Crippen LogP contribution in [0.25, 0.3) is 0 Å². The highest BCUT2D eigenvalue weighted by Crippen LogP contribution is 2.23. The van der Waals surface area contributed by atoms with Gasteiger partial charge in [0.2, 0.25) is 0 Å². The zero-order valence-electron chi connectivity index (χ0n) is 9.15. The lowest BCUT2D eigenvalue weighted by molar-refractivity contribution is -0.168. The lowest BCUT2D eigenvalue weighted by Crippen LogP contribution is -2.32. The predicted octanol–water partition coefficient (Wildman–Crippen LogP) is 3.63. The van der Waals surface area contributed by atoms with E-state index in [0.29, 0.717) is 10.2 Å². The van der Waals surface area contributed by atoms with Gasteiger partial charge in [0.1, 0.15) is 23.7 Å². The van der Waals surface area contributed by atoms with Crippen molar-refractivity contribution in [1.82, 2.24) is 9.97 Å². The minimum absolute atomic E-state index is 0.200. The fraction of sp³-hybridized carbons (Fsp3) is 0.556. The summed E-state index contributed by atoms with van der Waals surface area (Å²) in [7, 11) is 0. The van der Waals surface area contributed by atoms with Gasteiger partial charge in [-0.2, -0.15) is 8.78 Å². The van der Waals surface area contributed by atoms with Gasteiger partial charge in [0.05, 0.1) is 4.47 Å². The molecule has 0 fully saturated rings. The number of halogens is 5. The van der Waals surface area contributed by atoms with Gasteiger partial charge >= 0.3 is 12.3 Å². The highest BCUT2D eigenvalue weighted by molar-refractivity contribution is 9.10. The zero-order valence-corrected chi connectivity index (χ0v) is 11.5. The van der Waals surface area contributed by atoms with Crippen LogP contribution in [0.5, 0.6) is 0 Å². The molecule has 0 spiro atoms. The summed E-state index contributed by atoms with van der Waals surface area (Å²) in [6.07, 6.45) is -3.75. The van der Waals surface area contributed by atoms with Crippen molar-refractivity contribution in [2.24, 2.45) is 0 Å². The molecular weight excluding hydrogens is 340 g/mol. The molecule has 1 N–H and O–H groups in total. The third-order valence-electron chi connectivity index (χ3n) is 1.94. The van der Waals surface area contributed by atoms with Crippen molar-refractivity contribution in [1.29, 1.82) is 0 Å². The second-order valence-electron chi connectivity index (χ2n) is 3.48. The van der Waals surface area contributed by atoms with Crippen LogP contribution in [0.3, 0.4) is 0 Å². The van der Waals surface area contributed by atoms with Gasteiger partial charge < -0.3 is 9.72 Å². The van der Waals surface area contributed by atoms with Crippen LogP contribution in [0.15, 0.2) is 4.47 Å². The van der Waals surface area contributed by atoms with E-state index in [1.165, 1.54) is 0 Å². The fourth-order valence-corrected chi connectivity index (χ4v) is 1.50. The normalized spacial score (nSPS) is 12.2. The summed E-state index contributed by atoms with van der Waals surface area (Å²) >= 11 is 8.07. The van der Waals surface area contributed by atoms with Crippen LogP contribution in [0.4, 0.5) is 17.6 Å². The molecule has 102 valence electrons. The number of H-pyrrole nitrogens is 1. The molecule has 0 radical (unpaired) electrons. The Morgan fingerprint density at radius 1 is 1.50 bits per heavy atom. The first kappa shape index (κ1) is 15.5. The van der Waals surface area contributed by atoms with Gasteiger partial charge in [0, 0.05) is 5.69 Å². The summed E-state index contributed by atoms with van der Waals surface area (Å²) in [4.78, 5) is 6.60. The summed E-state index contributed by atoms with van der Waals surface area (Å²) in [6, 6.07) is 0. The van der Waals surface area contributed by atoms with Crippen LogP contribution in [-0.2, 0) is 11.3 Å². The summed E-state index contributed by atoms with van der Waals surface area (Å²) in [5.74, 6) is -3.97. The minimum atomic E-state index is -4.17. The molecule has 0 aliphatic heterocycles. The van der Waals surface area contributed by atoms with Crippen molar-refractivity contribution in [3.05, 3.63) is 20.6 Å². The van der Waals surface area contributed by atoms with Crippen LogP contribution in [0.1, 0.15) is 11.5 Å². The maximum absolute atomic E-state index is 12.5. The van der Waals surface area contributed by atoms with Gasteiger partial charge in [0.15, 0.2) is 0 Å². The Balaban J connectivity index is 2.63. The number of alkyl halides is 4. The van der Waals surface area contributed by atoms with Crippen molar-refractivity contribution in [3.8, 4) is 0 Å². The first-order chi connectivity index (χ1) is 8.24. The van der Waals surface area contributed by atoms with Gasteiger partial charge in [-0.05, 0) is 22.9 Å². The molecule has 1 rings (SSSR count). The van der Waals surface area contributed by atoms with E-state index in [2.05, 4.69) is 30.6 Å². The average Bonchev–Trinajstić information content (AvgIpc) is 2.25. The SMILES string of the molecule is Cc1[nH]c(COCC(F)(F)C(F)F)nc(=S)c1Br. The molecule has 0 aromatic carbocycles. The lowest BCUT2D eigenvalue weighted by Gasteiger charge is -2.15. The highest BCUT2D eigenvalue weighted by atomic mass is 79.9. The Kier molecular flexibility index (Phi) is 5.23. The van der Waals surface area contributed by atoms with Crippen molar-refractivity contribution >= 4 is 28.1 Å². The van der Waals surface area contributed by atoms with Crippen molar-refractivity contribution < 1.29 is 22.3 Å². The van der Waals surface area contributed by atoms with Crippen LogP contribution >= 0.6 is 28.1 Å². The molecule has 1 aromatic rings. The Hall–Kier alpha value is -0.540. The molecule has 1 aromatic heterocycles. The predicted molar refractivity (Wildman–Crippen MR) is 62.5 cm³/mol. The van der Waals surface area contributed by atoms with Crippen LogP contribution < -0.4 is 0 Å². The third-order valence-corrected chi connectivity index (χ3v) is 3.47. The minimum Gasteiger partial charge on any atom is -0.367 e. The Morgan fingerprint density at radius 3 is 2.61 bits per heavy atom. The van der Waals surface area contributed by atoms with E-state index < -0.39 is 19.0 Å². The van der Waals surface area contributed by atoms with Crippen LogP contribution in [-0.4, -0.2) is 28.9 Å². The van der Waals surface area contributed by atoms with E-state index in [1.807, 2.05) is 0 Å². The molecule has 9 heteroatoms. The summed E-state index contributed by atoms with van der Waals surface area (Å²) < 4.78 is 54.1. The average molecular weight is 349 g/mol. The number of rotatable bonds is 5. The molecule has 0 unspecified atom stereocenters. The van der Waals surface area contributed by atoms with Gasteiger partial charge in [-0.25, -0.2) is 13.8 Å². The third kappa shape index (κ3) is 3.99. The van der Waals surface area contributed by atoms with Crippen molar-refractivity contribution in [2.45, 2.75) is 25.9 Å². The van der Waals surface area contributed by atoms with Crippen molar-refractivity contribution in [3.63, 3.8) is 0 Å². The first-order valence-corrected chi connectivity index (χ1v) is 5.93. The number of hydrogen-bond acceptors (Lipinski definition) is 3. The molecule has 0 saturated carbocycles. The zero-order chi connectivity index (χ0) is 13.9. The molecule has 0 aliphatic rings. The maximum atomic E-state index is 12.5. The molecule has 0 amide bonds. The van der Waals surface area contributed by atoms with E-state index in [-0.39, 0.29) is 17.1 Å². The number of ether oxygens (including phenoxy) is 1. The van der Waals surface area contributed by atoms with Gasteiger partial charge in [-0.3, -0.25) is 0 Å². The Labute approximate surface area is 114 Å². The molecule has 0 saturated heterocycles. The first-order valence-electron chi connectivity index (χ1n) is 4.73. The fourth-order valence-electron chi connectivity index (χ4n) is 1.05. The van der Waals surface area contributed by atoms with Gasteiger partial charge in [-0.1, -0.05) is 12.2 Å². The molecule has 1 heterocycles. The Bertz CT molecular complexity index is 480. The van der Waals surface area contributed by atoms with E-state index in [0.717, 1.165) is 0 Å². The second-order valence-corrected chi connectivity index (χ2v) is 4.66. The topological polar surface area (TPSA) is 37.9 Å². The number of nitrogens with one attached hydrogen (secondary N) is 1. The number of nitrogens with zero attached hydrogens (tertiary/aromatic N) is 1. The highest BCUT2D eigenvalue weighted by Gasteiger charge is 2.40. The molecule has 0 bridgehead atoms. The quantitative estimate of drug-likeness (QED) is 0.652. The van der Waals surface area contributed by atoms with E-state index in [1.54, 1.807) is 6.92 Å². The molecule has 3 nitrogen and oxygen atoms in total. The summed E-state index contributed by atoms with van der Waals surface area (Å²) in [6.45, 7) is -0.0268. The van der Waals surface area contributed by atoms with Crippen molar-refractivity contribution in [2.75, 3.05) is 6.61 Å².